The number of benzene rings is 1. The molecule has 1 atom stereocenters. The second-order valence-corrected chi connectivity index (χ2v) is 5.55. The van der Waals surface area contributed by atoms with Crippen LogP contribution in [0.15, 0.2) is 24.3 Å². The van der Waals surface area contributed by atoms with Gasteiger partial charge in [-0.05, 0) is 24.3 Å². The maximum atomic E-state index is 11.8. The van der Waals surface area contributed by atoms with E-state index in [0.717, 1.165) is 0 Å². The molecular formula is C16H22N4O10. The Balaban J connectivity index is 0.000000346. The van der Waals surface area contributed by atoms with Crippen LogP contribution in [0.5, 0.6) is 5.75 Å². The van der Waals surface area contributed by atoms with Crippen molar-refractivity contribution < 1.29 is 49.4 Å². The highest BCUT2D eigenvalue weighted by molar-refractivity contribution is 6.08. The molecule has 14 heteroatoms. The summed E-state index contributed by atoms with van der Waals surface area (Å²) in [6.45, 7) is -3.85. The van der Waals surface area contributed by atoms with Gasteiger partial charge in [-0.1, -0.05) is 0 Å². The Kier molecular flexibility index (Phi) is 8.94. The summed E-state index contributed by atoms with van der Waals surface area (Å²) in [5, 5.41) is 48.8. The average Bonchev–Trinajstić information content (AvgIpc) is 2.98. The summed E-state index contributed by atoms with van der Waals surface area (Å²) in [7, 11) is 1.31. The maximum absolute atomic E-state index is 11.8. The molecule has 0 radical (unpaired) electrons. The largest absolute Gasteiger partial charge is 0.508 e. The van der Waals surface area contributed by atoms with E-state index in [-0.39, 0.29) is 5.75 Å². The van der Waals surface area contributed by atoms with Crippen molar-refractivity contribution in [3.05, 3.63) is 29.8 Å². The highest BCUT2D eigenvalue weighted by atomic mass is 16.5. The molecule has 1 aromatic rings. The molecule has 2 rings (SSSR count). The standard InChI is InChI=1S/C8H14N4O7.C8H8O3/c13-1-8(11(3-15)6(18)9-2-14)5(17)10-7(19)12(8)4-16;1-11-8(10)6-2-4-7(9)5-3-6/h13-16H,1-4H2,(H,9,18)(H,10,17,19);2-5,9H,1H3. The highest BCUT2D eigenvalue weighted by Crippen LogP contribution is 2.25. The number of nitrogens with one attached hydrogen (secondary N) is 2. The molecule has 0 aromatic heterocycles. The zero-order chi connectivity index (χ0) is 22.9. The van der Waals surface area contributed by atoms with Gasteiger partial charge in [0.15, 0.2) is 0 Å². The van der Waals surface area contributed by atoms with E-state index in [2.05, 4.69) is 4.74 Å². The Labute approximate surface area is 169 Å². The van der Waals surface area contributed by atoms with Crippen molar-refractivity contribution in [1.82, 2.24) is 20.4 Å². The van der Waals surface area contributed by atoms with E-state index in [9.17, 15) is 24.3 Å². The Bertz CT molecular complexity index is 772. The molecule has 1 aliphatic heterocycles. The molecule has 0 bridgehead atoms. The van der Waals surface area contributed by atoms with Crippen molar-refractivity contribution in [3.8, 4) is 5.75 Å². The lowest BCUT2D eigenvalue weighted by atomic mass is 10.1. The molecular weight excluding hydrogens is 408 g/mol. The third-order valence-electron chi connectivity index (χ3n) is 3.99. The number of carbonyl (C=O) groups excluding carboxylic acids is 4. The van der Waals surface area contributed by atoms with Gasteiger partial charge in [0, 0.05) is 0 Å². The van der Waals surface area contributed by atoms with Gasteiger partial charge in [-0.3, -0.25) is 19.9 Å². The Morgan fingerprint density at radius 3 is 2.20 bits per heavy atom. The smallest absolute Gasteiger partial charge is 0.337 e. The molecule has 30 heavy (non-hydrogen) atoms. The summed E-state index contributed by atoms with van der Waals surface area (Å²) in [4.78, 5) is 46.5. The van der Waals surface area contributed by atoms with Gasteiger partial charge >= 0.3 is 18.0 Å². The van der Waals surface area contributed by atoms with Crippen LogP contribution in [-0.2, 0) is 9.53 Å². The zero-order valence-electron chi connectivity index (χ0n) is 15.8. The minimum absolute atomic E-state index is 0.137. The summed E-state index contributed by atoms with van der Waals surface area (Å²) in [5.74, 6) is -1.35. The van der Waals surface area contributed by atoms with E-state index in [1.165, 1.54) is 31.4 Å². The summed E-state index contributed by atoms with van der Waals surface area (Å²) in [6.07, 6.45) is 0. The lowest BCUT2D eigenvalue weighted by molar-refractivity contribution is -0.147. The fraction of sp³-hybridized carbons (Fsp3) is 0.375. The van der Waals surface area contributed by atoms with Crippen molar-refractivity contribution in [2.24, 2.45) is 0 Å². The number of urea groups is 2. The lowest BCUT2D eigenvalue weighted by Crippen LogP contribution is -2.68. The van der Waals surface area contributed by atoms with Crippen LogP contribution < -0.4 is 10.6 Å². The van der Waals surface area contributed by atoms with E-state index >= 15 is 0 Å². The highest BCUT2D eigenvalue weighted by Gasteiger charge is 2.58. The number of aliphatic hydroxyl groups is 4. The van der Waals surface area contributed by atoms with Crippen LogP contribution in [0.1, 0.15) is 10.4 Å². The van der Waals surface area contributed by atoms with Crippen molar-refractivity contribution in [2.75, 3.05) is 33.9 Å². The second-order valence-electron chi connectivity index (χ2n) is 5.55. The van der Waals surface area contributed by atoms with Gasteiger partial charge in [0.1, 0.15) is 25.9 Å². The number of hydrogen-bond acceptors (Lipinski definition) is 10. The molecule has 0 saturated carbocycles. The maximum Gasteiger partial charge on any atom is 0.337 e. The van der Waals surface area contributed by atoms with Gasteiger partial charge in [0.05, 0.1) is 19.3 Å². The number of imide groups is 1. The molecule has 14 nitrogen and oxygen atoms in total. The molecule has 1 aromatic carbocycles. The summed E-state index contributed by atoms with van der Waals surface area (Å²) < 4.78 is 4.46. The van der Waals surface area contributed by atoms with Crippen LogP contribution >= 0.6 is 0 Å². The number of nitrogens with zero attached hydrogens (tertiary/aromatic N) is 2. The van der Waals surface area contributed by atoms with Gasteiger partial charge in [-0.2, -0.15) is 0 Å². The van der Waals surface area contributed by atoms with Gasteiger partial charge in [0.2, 0.25) is 5.66 Å². The first-order chi connectivity index (χ1) is 14.2. The number of aliphatic hydroxyl groups excluding tert-OH is 4. The molecule has 1 saturated heterocycles. The first-order valence-corrected chi connectivity index (χ1v) is 8.22. The number of phenolic OH excluding ortho intramolecular Hbond substituents is 1. The molecule has 0 spiro atoms. The van der Waals surface area contributed by atoms with Crippen molar-refractivity contribution in [1.29, 1.82) is 0 Å². The predicted octanol–water partition coefficient (Wildman–Crippen LogP) is -2.73. The normalized spacial score (nSPS) is 17.6. The van der Waals surface area contributed by atoms with E-state index in [1.54, 1.807) is 5.32 Å². The molecule has 1 unspecified atom stereocenters. The molecule has 0 aliphatic carbocycles. The Hall–Kier alpha value is -3.46. The summed E-state index contributed by atoms with van der Waals surface area (Å²) in [6, 6.07) is 3.74. The third-order valence-corrected chi connectivity index (χ3v) is 3.99. The third kappa shape index (κ3) is 4.93. The monoisotopic (exact) mass is 430 g/mol. The van der Waals surface area contributed by atoms with Crippen LogP contribution in [0.25, 0.3) is 0 Å². The number of rotatable bonds is 6. The van der Waals surface area contributed by atoms with E-state index in [1.807, 2.05) is 5.32 Å². The molecule has 1 fully saturated rings. The summed E-state index contributed by atoms with van der Waals surface area (Å²) >= 11 is 0. The van der Waals surface area contributed by atoms with Crippen LogP contribution in [0.3, 0.4) is 0 Å². The van der Waals surface area contributed by atoms with Crippen LogP contribution in [0.4, 0.5) is 9.59 Å². The Morgan fingerprint density at radius 1 is 1.17 bits per heavy atom. The zero-order valence-corrected chi connectivity index (χ0v) is 15.8. The molecule has 7 N–H and O–H groups in total. The fourth-order valence-corrected chi connectivity index (χ4v) is 2.47. The SMILES string of the molecule is COC(=O)c1ccc(O)cc1.O=C(NCO)N(CO)C1(CO)C(=O)NC(=O)N1CO. The van der Waals surface area contributed by atoms with E-state index in [4.69, 9.17) is 20.4 Å². The Morgan fingerprint density at radius 2 is 1.77 bits per heavy atom. The van der Waals surface area contributed by atoms with E-state index < -0.39 is 56.4 Å². The number of aromatic hydroxyl groups is 1. The molecule has 1 aliphatic rings. The number of methoxy groups -OCH3 is 1. The first-order valence-electron chi connectivity index (χ1n) is 8.22. The van der Waals surface area contributed by atoms with Crippen LogP contribution in [-0.4, -0.2) is 98.8 Å². The van der Waals surface area contributed by atoms with Crippen LogP contribution in [0.2, 0.25) is 0 Å². The number of hydrogen-bond donors (Lipinski definition) is 7. The number of amides is 5. The minimum atomic E-state index is -2.28. The lowest BCUT2D eigenvalue weighted by Gasteiger charge is -2.40. The number of esters is 1. The summed E-state index contributed by atoms with van der Waals surface area (Å²) in [5.41, 5.74) is -1.84. The number of carbonyl (C=O) groups is 4. The topological polar surface area (TPSA) is 209 Å². The number of phenols is 1. The minimum Gasteiger partial charge on any atom is -0.508 e. The van der Waals surface area contributed by atoms with Crippen LogP contribution in [0, 0.1) is 0 Å². The van der Waals surface area contributed by atoms with Crippen molar-refractivity contribution in [2.45, 2.75) is 5.66 Å². The van der Waals surface area contributed by atoms with Crippen molar-refractivity contribution in [3.63, 3.8) is 0 Å². The van der Waals surface area contributed by atoms with Crippen molar-refractivity contribution >= 4 is 23.9 Å². The molecule has 1 heterocycles. The fourth-order valence-electron chi connectivity index (χ4n) is 2.47. The first kappa shape index (κ1) is 24.6. The number of ether oxygens (including phenoxy) is 1. The molecule has 5 amide bonds. The molecule has 166 valence electrons. The van der Waals surface area contributed by atoms with Gasteiger partial charge in [-0.25, -0.2) is 14.4 Å². The second kappa shape index (κ2) is 10.9. The average molecular weight is 430 g/mol. The van der Waals surface area contributed by atoms with Gasteiger partial charge < -0.3 is 35.6 Å². The quantitative estimate of drug-likeness (QED) is 0.141. The van der Waals surface area contributed by atoms with Gasteiger partial charge in [0.25, 0.3) is 5.91 Å². The predicted molar refractivity (Wildman–Crippen MR) is 96.3 cm³/mol. The van der Waals surface area contributed by atoms with Gasteiger partial charge in [-0.15, -0.1) is 0 Å². The van der Waals surface area contributed by atoms with E-state index in [0.29, 0.717) is 15.4 Å².